The summed E-state index contributed by atoms with van der Waals surface area (Å²) in [6.07, 6.45) is -0.735. The van der Waals surface area contributed by atoms with Gasteiger partial charge in [0.05, 0.1) is 24.5 Å². The van der Waals surface area contributed by atoms with Gasteiger partial charge in [-0.05, 0) is 12.1 Å². The van der Waals surface area contributed by atoms with Gasteiger partial charge < -0.3 is 5.11 Å². The highest BCUT2D eigenvalue weighted by molar-refractivity contribution is 7.13. The van der Waals surface area contributed by atoms with Crippen LogP contribution in [-0.4, -0.2) is 46.1 Å². The SMILES string of the molecule is OCCN(Cc1csc(-c2ccccn2)n1)CC(F)F. The van der Waals surface area contributed by atoms with Crippen molar-refractivity contribution in [1.29, 1.82) is 0 Å². The van der Waals surface area contributed by atoms with E-state index in [-0.39, 0.29) is 19.7 Å². The van der Waals surface area contributed by atoms with Crippen LogP contribution >= 0.6 is 11.3 Å². The van der Waals surface area contributed by atoms with Crippen LogP contribution in [0.3, 0.4) is 0 Å². The molecule has 4 nitrogen and oxygen atoms in total. The summed E-state index contributed by atoms with van der Waals surface area (Å²) in [6.45, 7) is -0.00399. The molecule has 2 heterocycles. The van der Waals surface area contributed by atoms with E-state index in [1.807, 2.05) is 23.6 Å². The van der Waals surface area contributed by atoms with Crippen LogP contribution in [0.4, 0.5) is 8.78 Å². The number of pyridine rings is 1. The Balaban J connectivity index is 2.04. The molecule has 0 fully saturated rings. The molecular formula is C13H15F2N3OS. The van der Waals surface area contributed by atoms with Crippen LogP contribution in [0.25, 0.3) is 10.7 Å². The second-order valence-corrected chi connectivity index (χ2v) is 5.07. The molecule has 1 N–H and O–H groups in total. The zero-order chi connectivity index (χ0) is 14.4. The standard InChI is InChI=1S/C13H15F2N3OS/c14-12(15)8-18(5-6-19)7-10-9-20-13(17-10)11-3-1-2-4-16-11/h1-4,9,12,19H,5-8H2. The Morgan fingerprint density at radius 2 is 2.20 bits per heavy atom. The lowest BCUT2D eigenvalue weighted by Gasteiger charge is -2.19. The lowest BCUT2D eigenvalue weighted by atomic mass is 10.3. The normalized spacial score (nSPS) is 11.4. The number of thiazole rings is 1. The molecule has 0 saturated carbocycles. The van der Waals surface area contributed by atoms with Crippen molar-refractivity contribution in [3.05, 3.63) is 35.5 Å². The third-order valence-corrected chi connectivity index (χ3v) is 3.55. The number of halogens is 2. The fourth-order valence-electron chi connectivity index (χ4n) is 1.79. The van der Waals surface area contributed by atoms with Crippen molar-refractivity contribution in [3.8, 4) is 10.7 Å². The molecule has 0 aliphatic carbocycles. The molecular weight excluding hydrogens is 284 g/mol. The highest BCUT2D eigenvalue weighted by Gasteiger charge is 2.14. The van der Waals surface area contributed by atoms with Crippen molar-refractivity contribution >= 4 is 11.3 Å². The number of alkyl halides is 2. The maximum Gasteiger partial charge on any atom is 0.251 e. The molecule has 0 aromatic carbocycles. The molecule has 108 valence electrons. The van der Waals surface area contributed by atoms with Gasteiger partial charge in [0.2, 0.25) is 0 Å². The predicted octanol–water partition coefficient (Wildman–Crippen LogP) is 2.26. The Labute approximate surface area is 119 Å². The zero-order valence-electron chi connectivity index (χ0n) is 10.7. The van der Waals surface area contributed by atoms with Gasteiger partial charge in [-0.1, -0.05) is 6.07 Å². The van der Waals surface area contributed by atoms with Gasteiger partial charge in [0.25, 0.3) is 6.43 Å². The van der Waals surface area contributed by atoms with Crippen LogP contribution in [0.15, 0.2) is 29.8 Å². The summed E-state index contributed by atoms with van der Waals surface area (Å²) in [4.78, 5) is 10.1. The Hall–Kier alpha value is -1.44. The van der Waals surface area contributed by atoms with Crippen molar-refractivity contribution in [2.24, 2.45) is 0 Å². The fourth-order valence-corrected chi connectivity index (χ4v) is 2.57. The van der Waals surface area contributed by atoms with Crippen molar-refractivity contribution in [2.45, 2.75) is 13.0 Å². The first-order chi connectivity index (χ1) is 9.69. The van der Waals surface area contributed by atoms with Gasteiger partial charge in [0.1, 0.15) is 5.01 Å². The third-order valence-electron chi connectivity index (χ3n) is 2.63. The molecule has 0 saturated heterocycles. The van der Waals surface area contributed by atoms with Gasteiger partial charge >= 0.3 is 0 Å². The number of nitrogens with zero attached hydrogens (tertiary/aromatic N) is 3. The molecule has 0 radical (unpaired) electrons. The molecule has 0 spiro atoms. The lowest BCUT2D eigenvalue weighted by Crippen LogP contribution is -2.31. The van der Waals surface area contributed by atoms with Crippen LogP contribution in [0.5, 0.6) is 0 Å². The van der Waals surface area contributed by atoms with Crippen LogP contribution in [-0.2, 0) is 6.54 Å². The van der Waals surface area contributed by atoms with Crippen molar-refractivity contribution < 1.29 is 13.9 Å². The van der Waals surface area contributed by atoms with E-state index in [4.69, 9.17) is 5.11 Å². The Morgan fingerprint density at radius 3 is 2.85 bits per heavy atom. The fraction of sp³-hybridized carbons (Fsp3) is 0.385. The molecule has 0 bridgehead atoms. The summed E-state index contributed by atoms with van der Waals surface area (Å²) in [5.74, 6) is 0. The molecule has 2 aromatic heterocycles. The highest BCUT2D eigenvalue weighted by atomic mass is 32.1. The maximum atomic E-state index is 12.4. The summed E-state index contributed by atoms with van der Waals surface area (Å²) < 4.78 is 24.9. The van der Waals surface area contributed by atoms with E-state index in [1.54, 1.807) is 6.20 Å². The van der Waals surface area contributed by atoms with Crippen molar-refractivity contribution in [2.75, 3.05) is 19.7 Å². The van der Waals surface area contributed by atoms with E-state index in [0.717, 1.165) is 10.7 Å². The van der Waals surface area contributed by atoms with Gasteiger partial charge in [-0.3, -0.25) is 9.88 Å². The monoisotopic (exact) mass is 299 g/mol. The average Bonchev–Trinajstić information content (AvgIpc) is 2.88. The second kappa shape index (κ2) is 7.37. The van der Waals surface area contributed by atoms with Gasteiger partial charge in [-0.25, -0.2) is 13.8 Å². The number of aliphatic hydroxyl groups is 1. The lowest BCUT2D eigenvalue weighted by molar-refractivity contribution is 0.0741. The summed E-state index contributed by atoms with van der Waals surface area (Å²) in [7, 11) is 0. The first-order valence-corrected chi connectivity index (χ1v) is 7.04. The molecule has 2 aromatic rings. The Bertz CT molecular complexity index is 521. The van der Waals surface area contributed by atoms with Crippen LogP contribution in [0.2, 0.25) is 0 Å². The molecule has 0 amide bonds. The molecule has 2 rings (SSSR count). The second-order valence-electron chi connectivity index (χ2n) is 4.21. The van der Waals surface area contributed by atoms with Crippen LogP contribution in [0.1, 0.15) is 5.69 Å². The number of hydrogen-bond acceptors (Lipinski definition) is 5. The van der Waals surface area contributed by atoms with Gasteiger partial charge in [-0.15, -0.1) is 11.3 Å². The van der Waals surface area contributed by atoms with Gasteiger partial charge in [-0.2, -0.15) is 0 Å². The highest BCUT2D eigenvalue weighted by Crippen LogP contribution is 2.22. The van der Waals surface area contributed by atoms with E-state index in [1.165, 1.54) is 16.2 Å². The predicted molar refractivity (Wildman–Crippen MR) is 73.7 cm³/mol. The molecule has 0 unspecified atom stereocenters. The number of rotatable bonds is 7. The summed E-state index contributed by atoms with van der Waals surface area (Å²) in [6, 6.07) is 5.55. The van der Waals surface area contributed by atoms with Crippen molar-refractivity contribution in [3.63, 3.8) is 0 Å². The van der Waals surface area contributed by atoms with E-state index in [9.17, 15) is 8.78 Å². The minimum atomic E-state index is -2.42. The summed E-state index contributed by atoms with van der Waals surface area (Å²) in [5.41, 5.74) is 1.48. The molecule has 0 aliphatic heterocycles. The topological polar surface area (TPSA) is 49.2 Å². The quantitative estimate of drug-likeness (QED) is 0.852. The first-order valence-electron chi connectivity index (χ1n) is 6.16. The zero-order valence-corrected chi connectivity index (χ0v) is 11.6. The number of aliphatic hydroxyl groups excluding tert-OH is 1. The smallest absolute Gasteiger partial charge is 0.251 e. The number of aromatic nitrogens is 2. The van der Waals surface area contributed by atoms with Crippen molar-refractivity contribution in [1.82, 2.24) is 14.9 Å². The average molecular weight is 299 g/mol. The Morgan fingerprint density at radius 1 is 1.35 bits per heavy atom. The van der Waals surface area contributed by atoms with E-state index >= 15 is 0 Å². The minimum absolute atomic E-state index is 0.149. The van der Waals surface area contributed by atoms with Gasteiger partial charge in [0.15, 0.2) is 0 Å². The summed E-state index contributed by atoms with van der Waals surface area (Å²) in [5, 5.41) is 11.5. The first kappa shape index (κ1) is 15.0. The molecule has 0 atom stereocenters. The Kier molecular flexibility index (Phi) is 5.51. The molecule has 20 heavy (non-hydrogen) atoms. The van der Waals surface area contributed by atoms with Gasteiger partial charge in [0, 0.05) is 24.7 Å². The van der Waals surface area contributed by atoms with Crippen LogP contribution < -0.4 is 0 Å². The minimum Gasteiger partial charge on any atom is -0.395 e. The maximum absolute atomic E-state index is 12.4. The molecule has 0 aliphatic rings. The van der Waals surface area contributed by atoms with E-state index in [0.29, 0.717) is 12.2 Å². The third kappa shape index (κ3) is 4.29. The number of hydrogen-bond donors (Lipinski definition) is 1. The summed E-state index contributed by atoms with van der Waals surface area (Å²) >= 11 is 1.43. The molecule has 7 heteroatoms. The van der Waals surface area contributed by atoms with E-state index < -0.39 is 6.43 Å². The largest absolute Gasteiger partial charge is 0.395 e. The van der Waals surface area contributed by atoms with E-state index in [2.05, 4.69) is 9.97 Å². The van der Waals surface area contributed by atoms with Crippen LogP contribution in [0, 0.1) is 0 Å².